The molecule has 0 atom stereocenters. The fraction of sp³-hybridized carbons (Fsp3) is 0.130. The lowest BCUT2D eigenvalue weighted by molar-refractivity contribution is 0.404. The highest BCUT2D eigenvalue weighted by Crippen LogP contribution is 2.38. The highest BCUT2D eigenvalue weighted by Gasteiger charge is 2.19. The molecule has 1 aromatic carbocycles. The van der Waals surface area contributed by atoms with Crippen molar-refractivity contribution in [2.24, 2.45) is 0 Å². The zero-order valence-corrected chi connectivity index (χ0v) is 19.4. The summed E-state index contributed by atoms with van der Waals surface area (Å²) in [6.45, 7) is 2.01. The number of benzene rings is 1. The van der Waals surface area contributed by atoms with Crippen LogP contribution < -0.4 is 15.2 Å². The summed E-state index contributed by atoms with van der Waals surface area (Å²) in [7, 11) is 1.57. The monoisotopic (exact) mass is 478 g/mol. The van der Waals surface area contributed by atoms with Gasteiger partial charge in [0.1, 0.15) is 16.8 Å². The van der Waals surface area contributed by atoms with E-state index in [9.17, 15) is 0 Å². The number of H-pyrrole nitrogens is 1. The maximum absolute atomic E-state index is 6.62. The van der Waals surface area contributed by atoms with Gasteiger partial charge in [-0.25, -0.2) is 4.98 Å². The number of nitrogens with one attached hydrogen (secondary N) is 1. The van der Waals surface area contributed by atoms with E-state index < -0.39 is 0 Å². The van der Waals surface area contributed by atoms with Crippen LogP contribution >= 0.6 is 23.4 Å². The van der Waals surface area contributed by atoms with Gasteiger partial charge in [-0.1, -0.05) is 18.5 Å². The first-order valence-electron chi connectivity index (χ1n) is 10.1. The van der Waals surface area contributed by atoms with Crippen LogP contribution in [0, 0.1) is 0 Å². The topological polar surface area (TPSA) is 112 Å². The fourth-order valence-electron chi connectivity index (χ4n) is 3.42. The molecule has 0 saturated heterocycles. The summed E-state index contributed by atoms with van der Waals surface area (Å²) in [6.07, 6.45) is 5.60. The number of ether oxygens (including phenoxy) is 2. The average molecular weight is 479 g/mol. The summed E-state index contributed by atoms with van der Waals surface area (Å²) >= 11 is 8.01. The van der Waals surface area contributed by atoms with Crippen molar-refractivity contribution in [3.8, 4) is 17.4 Å². The molecule has 3 N–H and O–H groups in total. The Bertz CT molecular complexity index is 1490. The summed E-state index contributed by atoms with van der Waals surface area (Å²) in [4.78, 5) is 22.1. The maximum Gasteiger partial charge on any atom is 0.234 e. The molecular formula is C23H19ClN6O2S. The molecule has 4 aromatic heterocycles. The summed E-state index contributed by atoms with van der Waals surface area (Å²) < 4.78 is 11.3. The minimum absolute atomic E-state index is 0.335. The second-order valence-electron chi connectivity index (χ2n) is 7.15. The number of fused-ring (bicyclic) bond motifs is 2. The minimum Gasteiger partial charge on any atom is -0.495 e. The van der Waals surface area contributed by atoms with Crippen molar-refractivity contribution in [3.05, 3.63) is 59.6 Å². The van der Waals surface area contributed by atoms with Gasteiger partial charge in [-0.2, -0.15) is 4.98 Å². The van der Waals surface area contributed by atoms with Gasteiger partial charge in [0.25, 0.3) is 0 Å². The van der Waals surface area contributed by atoms with Crippen LogP contribution in [0.5, 0.6) is 17.4 Å². The Kier molecular flexibility index (Phi) is 5.65. The molecule has 0 unspecified atom stereocenters. The van der Waals surface area contributed by atoms with Crippen LogP contribution in [-0.4, -0.2) is 32.0 Å². The van der Waals surface area contributed by atoms with E-state index in [1.54, 1.807) is 37.8 Å². The highest BCUT2D eigenvalue weighted by molar-refractivity contribution is 7.99. The Hall–Kier alpha value is -3.56. The van der Waals surface area contributed by atoms with Gasteiger partial charge in [0.2, 0.25) is 5.88 Å². The first-order valence-corrected chi connectivity index (χ1v) is 11.3. The van der Waals surface area contributed by atoms with E-state index in [0.29, 0.717) is 44.3 Å². The lowest BCUT2D eigenvalue weighted by Crippen LogP contribution is -1.95. The van der Waals surface area contributed by atoms with Crippen LogP contribution in [0.4, 0.5) is 5.69 Å². The predicted molar refractivity (Wildman–Crippen MR) is 129 cm³/mol. The molecule has 0 saturated carbocycles. The summed E-state index contributed by atoms with van der Waals surface area (Å²) in [5, 5.41) is 2.56. The zero-order chi connectivity index (χ0) is 22.9. The van der Waals surface area contributed by atoms with E-state index in [1.165, 1.54) is 11.8 Å². The molecule has 33 heavy (non-hydrogen) atoms. The van der Waals surface area contributed by atoms with Crippen LogP contribution in [0.15, 0.2) is 59.0 Å². The number of aryl methyl sites for hydroxylation is 1. The number of aromatic amines is 1. The van der Waals surface area contributed by atoms with Gasteiger partial charge in [-0.05, 0) is 42.4 Å². The number of anilines is 1. The average Bonchev–Trinajstić information content (AvgIpc) is 3.15. The van der Waals surface area contributed by atoms with E-state index in [-0.39, 0.29) is 0 Å². The van der Waals surface area contributed by atoms with Gasteiger partial charge >= 0.3 is 0 Å². The lowest BCUT2D eigenvalue weighted by atomic mass is 10.2. The van der Waals surface area contributed by atoms with Crippen LogP contribution in [0.25, 0.3) is 21.9 Å². The van der Waals surface area contributed by atoms with E-state index in [4.69, 9.17) is 26.8 Å². The first-order chi connectivity index (χ1) is 16.1. The van der Waals surface area contributed by atoms with Crippen molar-refractivity contribution in [1.82, 2.24) is 24.9 Å². The van der Waals surface area contributed by atoms with Gasteiger partial charge in [0, 0.05) is 33.9 Å². The van der Waals surface area contributed by atoms with Crippen LogP contribution in [-0.2, 0) is 6.42 Å². The van der Waals surface area contributed by atoms with Gasteiger partial charge in [0.05, 0.1) is 30.0 Å². The smallest absolute Gasteiger partial charge is 0.234 e. The molecule has 5 aromatic rings. The molecule has 0 amide bonds. The molecule has 0 radical (unpaired) electrons. The van der Waals surface area contributed by atoms with E-state index >= 15 is 0 Å². The van der Waals surface area contributed by atoms with Crippen LogP contribution in [0.2, 0.25) is 5.02 Å². The van der Waals surface area contributed by atoms with Crippen molar-refractivity contribution in [3.63, 3.8) is 0 Å². The summed E-state index contributed by atoms with van der Waals surface area (Å²) in [5.41, 5.74) is 9.00. The Labute approximate surface area is 198 Å². The van der Waals surface area contributed by atoms with Crippen molar-refractivity contribution >= 4 is 51.0 Å². The molecule has 0 aliphatic rings. The molecule has 0 spiro atoms. The fourth-order valence-corrected chi connectivity index (χ4v) is 4.55. The third-order valence-electron chi connectivity index (χ3n) is 5.06. The Morgan fingerprint density at radius 2 is 1.97 bits per heavy atom. The minimum atomic E-state index is 0.335. The number of hydrogen-bond acceptors (Lipinski definition) is 8. The highest BCUT2D eigenvalue weighted by atomic mass is 35.5. The Morgan fingerprint density at radius 3 is 2.79 bits per heavy atom. The van der Waals surface area contributed by atoms with E-state index in [0.717, 1.165) is 27.9 Å². The van der Waals surface area contributed by atoms with Crippen molar-refractivity contribution in [2.75, 3.05) is 12.8 Å². The predicted octanol–water partition coefficient (Wildman–Crippen LogP) is 5.65. The number of hydrogen-bond donors (Lipinski definition) is 2. The van der Waals surface area contributed by atoms with Crippen molar-refractivity contribution in [1.29, 1.82) is 0 Å². The number of methoxy groups -OCH3 is 1. The Balaban J connectivity index is 1.58. The van der Waals surface area contributed by atoms with Crippen molar-refractivity contribution < 1.29 is 9.47 Å². The van der Waals surface area contributed by atoms with Crippen LogP contribution in [0.1, 0.15) is 12.6 Å². The van der Waals surface area contributed by atoms with Gasteiger partial charge in [-0.15, -0.1) is 0 Å². The number of nitrogens with two attached hydrogens (primary N) is 1. The third kappa shape index (κ3) is 4.12. The number of aromatic nitrogens is 5. The molecule has 0 aliphatic heterocycles. The van der Waals surface area contributed by atoms with Crippen molar-refractivity contribution in [2.45, 2.75) is 23.4 Å². The summed E-state index contributed by atoms with van der Waals surface area (Å²) in [6, 6.07) is 9.37. The molecule has 0 bridgehead atoms. The molecule has 166 valence electrons. The molecule has 4 heterocycles. The second kappa shape index (κ2) is 8.76. The maximum atomic E-state index is 6.62. The SMILES string of the molecule is CCc1[nH]c2nc(Sc3ccc4c(N)ccnc4c3)nc(Oc3cncc(OC)c3)c2c1Cl. The van der Waals surface area contributed by atoms with E-state index in [2.05, 4.69) is 24.9 Å². The number of rotatable bonds is 6. The lowest BCUT2D eigenvalue weighted by Gasteiger charge is -2.09. The number of pyridine rings is 2. The van der Waals surface area contributed by atoms with Gasteiger partial charge in [-0.3, -0.25) is 9.97 Å². The molecule has 0 fully saturated rings. The third-order valence-corrected chi connectivity index (χ3v) is 6.33. The largest absolute Gasteiger partial charge is 0.495 e. The summed E-state index contributed by atoms with van der Waals surface area (Å²) in [5.74, 6) is 1.39. The quantitative estimate of drug-likeness (QED) is 0.301. The zero-order valence-electron chi connectivity index (χ0n) is 17.8. The molecule has 0 aliphatic carbocycles. The standard InChI is InChI=1S/C23H19ClN6O2S/c1-3-17-20(24)19-21(28-17)29-23(30-22(19)32-13-8-12(31-2)10-26-11-13)33-14-4-5-15-16(25)6-7-27-18(15)9-14/h4-11H,3H2,1-2H3,(H2,25,27)(H,28,29,30). The van der Waals surface area contributed by atoms with Gasteiger partial charge in [0.15, 0.2) is 10.9 Å². The Morgan fingerprint density at radius 1 is 1.12 bits per heavy atom. The molecule has 10 heteroatoms. The van der Waals surface area contributed by atoms with E-state index in [1.807, 2.05) is 25.1 Å². The second-order valence-corrected chi connectivity index (χ2v) is 8.57. The number of nitrogen functional groups attached to an aromatic ring is 1. The van der Waals surface area contributed by atoms with Gasteiger partial charge < -0.3 is 20.2 Å². The molecule has 5 rings (SSSR count). The normalized spacial score (nSPS) is 11.2. The number of nitrogens with zero attached hydrogens (tertiary/aromatic N) is 4. The first kappa shape index (κ1) is 21.3. The molecule has 8 nitrogen and oxygen atoms in total. The number of halogens is 1. The molecular weight excluding hydrogens is 460 g/mol. The van der Waals surface area contributed by atoms with Crippen LogP contribution in [0.3, 0.4) is 0 Å².